The normalized spacial score (nSPS) is 16.0. The average molecular weight is 438 g/mol. The van der Waals surface area contributed by atoms with E-state index in [0.717, 1.165) is 16.7 Å². The van der Waals surface area contributed by atoms with Crippen LogP contribution < -0.4 is 5.32 Å². The Labute approximate surface area is 185 Å². The number of nitrogens with one attached hydrogen (secondary N) is 1. The summed E-state index contributed by atoms with van der Waals surface area (Å²) in [5, 5.41) is 2.16. The van der Waals surface area contributed by atoms with Crippen LogP contribution in [0.3, 0.4) is 0 Å². The Morgan fingerprint density at radius 1 is 0.719 bits per heavy atom. The first kappa shape index (κ1) is 22.1. The molecule has 166 valence electrons. The molecule has 1 N–H and O–H groups in total. The minimum absolute atomic E-state index is 0.441. The Kier molecular flexibility index (Phi) is 6.33. The number of rotatable bonds is 5. The van der Waals surface area contributed by atoms with Crippen LogP contribution in [0.25, 0.3) is 0 Å². The third-order valence-corrected chi connectivity index (χ3v) is 6.14. The number of benzene rings is 3. The van der Waals surface area contributed by atoms with Crippen LogP contribution in [-0.2, 0) is 10.3 Å². The van der Waals surface area contributed by atoms with Crippen molar-refractivity contribution >= 4 is 5.91 Å². The highest BCUT2D eigenvalue weighted by molar-refractivity contribution is 5.81. The molecule has 1 fully saturated rings. The maximum atomic E-state index is 12.7. The molecule has 0 unspecified atom stereocenters. The molecule has 1 aliphatic rings. The number of hydrogen-bond acceptors (Lipinski definition) is 2. The van der Waals surface area contributed by atoms with E-state index in [9.17, 15) is 18.0 Å². The summed E-state index contributed by atoms with van der Waals surface area (Å²) in [5.41, 5.74) is 2.68. The standard InChI is InChI=1S/C26H25F3N2O/c27-26(28,29)24(32)30-23-16-18-31(19-17-23)25(20-10-4-1-5-11-20,21-12-6-2-7-13-21)22-14-8-3-9-15-22/h1-15,23H,16-19H2,(H,30,32). The summed E-state index contributed by atoms with van der Waals surface area (Å²) in [4.78, 5) is 13.7. The maximum Gasteiger partial charge on any atom is 0.471 e. The van der Waals surface area contributed by atoms with E-state index in [0.29, 0.717) is 25.9 Å². The van der Waals surface area contributed by atoms with Crippen LogP contribution in [0.1, 0.15) is 29.5 Å². The van der Waals surface area contributed by atoms with Gasteiger partial charge in [0, 0.05) is 19.1 Å². The van der Waals surface area contributed by atoms with Gasteiger partial charge in [0.1, 0.15) is 0 Å². The van der Waals surface area contributed by atoms with Crippen molar-refractivity contribution in [1.29, 1.82) is 0 Å². The summed E-state index contributed by atoms with van der Waals surface area (Å²) in [5.74, 6) is -1.86. The van der Waals surface area contributed by atoms with Gasteiger partial charge in [-0.25, -0.2) is 0 Å². The van der Waals surface area contributed by atoms with Crippen LogP contribution in [0.2, 0.25) is 0 Å². The van der Waals surface area contributed by atoms with E-state index in [2.05, 4.69) is 46.6 Å². The third kappa shape index (κ3) is 4.28. The third-order valence-electron chi connectivity index (χ3n) is 6.14. The van der Waals surface area contributed by atoms with Crippen LogP contribution in [0, 0.1) is 0 Å². The van der Waals surface area contributed by atoms with Crippen molar-refractivity contribution in [2.24, 2.45) is 0 Å². The maximum absolute atomic E-state index is 12.7. The van der Waals surface area contributed by atoms with Crippen molar-refractivity contribution in [1.82, 2.24) is 10.2 Å². The highest BCUT2D eigenvalue weighted by Crippen LogP contribution is 2.43. The van der Waals surface area contributed by atoms with Crippen molar-refractivity contribution in [2.45, 2.75) is 30.6 Å². The zero-order chi connectivity index (χ0) is 22.6. The first-order valence-electron chi connectivity index (χ1n) is 10.7. The summed E-state index contributed by atoms with van der Waals surface area (Å²) in [6, 6.07) is 30.0. The number of likely N-dealkylation sites (tertiary alicyclic amines) is 1. The zero-order valence-corrected chi connectivity index (χ0v) is 17.6. The van der Waals surface area contributed by atoms with Crippen LogP contribution in [0.15, 0.2) is 91.0 Å². The van der Waals surface area contributed by atoms with Crippen LogP contribution in [0.4, 0.5) is 13.2 Å². The Hall–Kier alpha value is -3.12. The molecule has 0 atom stereocenters. The molecule has 3 aromatic carbocycles. The molecule has 1 saturated heterocycles. The molecule has 1 aliphatic heterocycles. The van der Waals surface area contributed by atoms with E-state index < -0.39 is 23.7 Å². The summed E-state index contributed by atoms with van der Waals surface area (Å²) in [7, 11) is 0. The molecule has 0 spiro atoms. The van der Waals surface area contributed by atoms with Crippen molar-refractivity contribution in [3.63, 3.8) is 0 Å². The van der Waals surface area contributed by atoms with E-state index in [1.54, 1.807) is 0 Å². The van der Waals surface area contributed by atoms with Crippen molar-refractivity contribution in [3.8, 4) is 0 Å². The van der Waals surface area contributed by atoms with Gasteiger partial charge in [-0.15, -0.1) is 0 Å². The molecule has 6 heteroatoms. The van der Waals surface area contributed by atoms with Gasteiger partial charge in [-0.1, -0.05) is 91.0 Å². The molecule has 0 aromatic heterocycles. The van der Waals surface area contributed by atoms with Gasteiger partial charge < -0.3 is 5.32 Å². The second-order valence-corrected chi connectivity index (χ2v) is 8.04. The first-order chi connectivity index (χ1) is 15.4. The molecular weight excluding hydrogens is 413 g/mol. The number of hydrogen-bond donors (Lipinski definition) is 1. The lowest BCUT2D eigenvalue weighted by Crippen LogP contribution is -2.55. The largest absolute Gasteiger partial charge is 0.471 e. The molecule has 32 heavy (non-hydrogen) atoms. The lowest BCUT2D eigenvalue weighted by molar-refractivity contribution is -0.174. The minimum atomic E-state index is -4.86. The quantitative estimate of drug-likeness (QED) is 0.561. The van der Waals surface area contributed by atoms with Gasteiger partial charge in [0.2, 0.25) is 0 Å². The van der Waals surface area contributed by atoms with Gasteiger partial charge in [-0.2, -0.15) is 13.2 Å². The number of carbonyl (C=O) groups excluding carboxylic acids is 1. The van der Waals surface area contributed by atoms with Gasteiger partial charge in [-0.3, -0.25) is 9.69 Å². The number of alkyl halides is 3. The number of amides is 1. The van der Waals surface area contributed by atoms with Crippen LogP contribution in [0.5, 0.6) is 0 Å². The predicted octanol–water partition coefficient (Wildman–Crippen LogP) is 5.12. The number of halogens is 3. The summed E-state index contributed by atoms with van der Waals surface area (Å²) in [6.07, 6.45) is -3.98. The number of carbonyl (C=O) groups is 1. The highest BCUT2D eigenvalue weighted by atomic mass is 19.4. The molecule has 4 rings (SSSR count). The van der Waals surface area contributed by atoms with E-state index in [-0.39, 0.29) is 0 Å². The summed E-state index contributed by atoms with van der Waals surface area (Å²) in [6.45, 7) is 1.09. The average Bonchev–Trinajstić information content (AvgIpc) is 2.82. The smallest absolute Gasteiger partial charge is 0.345 e. The summed E-state index contributed by atoms with van der Waals surface area (Å²) < 4.78 is 38.1. The second-order valence-electron chi connectivity index (χ2n) is 8.04. The van der Waals surface area contributed by atoms with Crippen molar-refractivity contribution in [2.75, 3.05) is 13.1 Å². The Bertz CT molecular complexity index is 919. The van der Waals surface area contributed by atoms with Gasteiger partial charge in [0.25, 0.3) is 0 Å². The summed E-state index contributed by atoms with van der Waals surface area (Å²) >= 11 is 0. The highest BCUT2D eigenvalue weighted by Gasteiger charge is 2.45. The molecule has 0 aliphatic carbocycles. The fourth-order valence-corrected chi connectivity index (χ4v) is 4.71. The van der Waals surface area contributed by atoms with Crippen molar-refractivity contribution in [3.05, 3.63) is 108 Å². The molecular formula is C26H25F3N2O. The number of piperidine rings is 1. The van der Waals surface area contributed by atoms with E-state index >= 15 is 0 Å². The number of nitrogens with zero attached hydrogens (tertiary/aromatic N) is 1. The topological polar surface area (TPSA) is 32.3 Å². The van der Waals surface area contributed by atoms with E-state index in [1.807, 2.05) is 54.6 Å². The van der Waals surface area contributed by atoms with Gasteiger partial charge in [0.05, 0.1) is 5.54 Å². The van der Waals surface area contributed by atoms with E-state index in [4.69, 9.17) is 0 Å². The second kappa shape index (κ2) is 9.17. The molecule has 1 heterocycles. The van der Waals surface area contributed by atoms with Gasteiger partial charge >= 0.3 is 12.1 Å². The van der Waals surface area contributed by atoms with Crippen molar-refractivity contribution < 1.29 is 18.0 Å². The Morgan fingerprint density at radius 2 is 1.09 bits per heavy atom. The predicted molar refractivity (Wildman–Crippen MR) is 118 cm³/mol. The monoisotopic (exact) mass is 438 g/mol. The van der Waals surface area contributed by atoms with Gasteiger partial charge in [0.15, 0.2) is 0 Å². The fourth-order valence-electron chi connectivity index (χ4n) is 4.71. The molecule has 0 bridgehead atoms. The molecule has 1 amide bonds. The lowest BCUT2D eigenvalue weighted by Gasteiger charge is -2.48. The van der Waals surface area contributed by atoms with Gasteiger partial charge in [-0.05, 0) is 29.5 Å². The molecule has 0 saturated carbocycles. The molecule has 3 aromatic rings. The molecule has 3 nitrogen and oxygen atoms in total. The van der Waals surface area contributed by atoms with Crippen LogP contribution in [-0.4, -0.2) is 36.1 Å². The Morgan fingerprint density at radius 3 is 1.44 bits per heavy atom. The zero-order valence-electron chi connectivity index (χ0n) is 17.6. The minimum Gasteiger partial charge on any atom is -0.345 e. The molecule has 0 radical (unpaired) electrons. The van der Waals surface area contributed by atoms with Crippen LogP contribution >= 0.6 is 0 Å². The SMILES string of the molecule is O=C(NC1CCN(C(c2ccccc2)(c2ccccc2)c2ccccc2)CC1)C(F)(F)F. The lowest BCUT2D eigenvalue weighted by atomic mass is 9.74. The Balaban J connectivity index is 1.74. The first-order valence-corrected chi connectivity index (χ1v) is 10.7. The fraction of sp³-hybridized carbons (Fsp3) is 0.269. The van der Waals surface area contributed by atoms with E-state index in [1.165, 1.54) is 0 Å².